The van der Waals surface area contributed by atoms with Crippen LogP contribution in [-0.4, -0.2) is 29.2 Å². The Bertz CT molecular complexity index is 771. The molecule has 0 spiro atoms. The van der Waals surface area contributed by atoms with E-state index < -0.39 is 5.60 Å². The second-order valence-electron chi connectivity index (χ2n) is 7.63. The van der Waals surface area contributed by atoms with Crippen LogP contribution in [-0.2, 0) is 17.7 Å². The summed E-state index contributed by atoms with van der Waals surface area (Å²) in [5.74, 6) is 0. The molecule has 1 heterocycles. The van der Waals surface area contributed by atoms with Crippen LogP contribution in [0.4, 0.5) is 10.5 Å². The van der Waals surface area contributed by atoms with E-state index in [4.69, 9.17) is 4.74 Å². The van der Waals surface area contributed by atoms with Crippen molar-refractivity contribution in [3.8, 4) is 0 Å². The van der Waals surface area contributed by atoms with Crippen molar-refractivity contribution in [2.45, 2.75) is 45.4 Å². The van der Waals surface area contributed by atoms with Crippen LogP contribution in [0.3, 0.4) is 0 Å². The molecule has 26 heavy (non-hydrogen) atoms. The fraction of sp³-hybridized carbons (Fsp3) is 0.381. The number of hydrogen-bond donors (Lipinski definition) is 1. The molecule has 3 rings (SSSR count). The number of ether oxygens (including phenoxy) is 1. The molecule has 5 heteroatoms. The van der Waals surface area contributed by atoms with Gasteiger partial charge in [0.25, 0.3) is 0 Å². The van der Waals surface area contributed by atoms with Gasteiger partial charge in [0.1, 0.15) is 5.60 Å². The van der Waals surface area contributed by atoms with E-state index >= 15 is 0 Å². The summed E-state index contributed by atoms with van der Waals surface area (Å²) in [5.41, 5.74) is 2.84. The van der Waals surface area contributed by atoms with Gasteiger partial charge in [0.05, 0.1) is 12.6 Å². The molecule has 1 aliphatic rings. The van der Waals surface area contributed by atoms with Crippen LogP contribution in [0.2, 0.25) is 0 Å². The largest absolute Gasteiger partial charge is 0.444 e. The van der Waals surface area contributed by atoms with Gasteiger partial charge >= 0.3 is 6.09 Å². The first kappa shape index (κ1) is 18.8. The summed E-state index contributed by atoms with van der Waals surface area (Å²) in [6.45, 7) is 6.91. The zero-order valence-corrected chi connectivity index (χ0v) is 17.0. The predicted octanol–water partition coefficient (Wildman–Crippen LogP) is 5.22. The Morgan fingerprint density at radius 2 is 1.96 bits per heavy atom. The number of hydrogen-bond acceptors (Lipinski definition) is 3. The number of rotatable bonds is 2. The molecule has 1 unspecified atom stereocenters. The number of carbonyl (C=O) groups excluding carboxylic acids is 1. The Balaban J connectivity index is 1.89. The normalized spacial score (nSPS) is 17.1. The van der Waals surface area contributed by atoms with Crippen LogP contribution in [0, 0.1) is 0 Å². The Hall–Kier alpha value is -2.01. The summed E-state index contributed by atoms with van der Waals surface area (Å²) in [6, 6.07) is 16.4. The van der Waals surface area contributed by atoms with Crippen LogP contribution >= 0.6 is 15.9 Å². The monoisotopic (exact) mass is 416 g/mol. The fourth-order valence-corrected chi connectivity index (χ4v) is 3.53. The van der Waals surface area contributed by atoms with E-state index in [1.54, 1.807) is 0 Å². The lowest BCUT2D eigenvalue weighted by Gasteiger charge is -2.32. The summed E-state index contributed by atoms with van der Waals surface area (Å²) in [4.78, 5) is 14.8. The number of nitrogens with one attached hydrogen (secondary N) is 1. The lowest BCUT2D eigenvalue weighted by molar-refractivity contribution is 0.0156. The van der Waals surface area contributed by atoms with Crippen LogP contribution in [0.5, 0.6) is 0 Å². The molecule has 0 bridgehead atoms. The predicted molar refractivity (Wildman–Crippen MR) is 108 cm³/mol. The van der Waals surface area contributed by atoms with Crippen molar-refractivity contribution in [2.75, 3.05) is 11.9 Å². The third kappa shape index (κ3) is 4.79. The van der Waals surface area contributed by atoms with E-state index in [1.165, 1.54) is 5.56 Å². The number of benzene rings is 2. The van der Waals surface area contributed by atoms with Gasteiger partial charge in [-0.25, -0.2) is 4.79 Å². The van der Waals surface area contributed by atoms with Crippen LogP contribution < -0.4 is 5.32 Å². The number of nitrogens with zero attached hydrogens (tertiary/aromatic N) is 1. The van der Waals surface area contributed by atoms with Crippen molar-refractivity contribution in [3.05, 3.63) is 64.1 Å². The summed E-state index contributed by atoms with van der Waals surface area (Å²) in [5, 5.41) is 3.50. The quantitative estimate of drug-likeness (QED) is 0.728. The molecule has 1 amide bonds. The van der Waals surface area contributed by atoms with Gasteiger partial charge < -0.3 is 10.1 Å². The van der Waals surface area contributed by atoms with E-state index in [2.05, 4.69) is 45.5 Å². The van der Waals surface area contributed by atoms with E-state index in [1.807, 2.05) is 49.9 Å². The third-order valence-corrected chi connectivity index (χ3v) is 4.81. The summed E-state index contributed by atoms with van der Waals surface area (Å²) >= 11 is 3.53. The summed E-state index contributed by atoms with van der Waals surface area (Å²) in [6.07, 6.45) is 0.510. The minimum atomic E-state index is -0.520. The standard InChI is InChI=1S/C21H25BrN2O2/c1-21(2,3)26-20(25)24-14-16-12-17(22)9-10-19(16)23-13-18(24)11-15-7-5-4-6-8-15/h4-10,12,18,23H,11,13-14H2,1-3H3. The van der Waals surface area contributed by atoms with Crippen molar-refractivity contribution in [1.29, 1.82) is 0 Å². The molecule has 0 aromatic heterocycles. The van der Waals surface area contributed by atoms with E-state index in [9.17, 15) is 4.79 Å². The first-order chi connectivity index (χ1) is 12.3. The molecule has 0 aliphatic carbocycles. The van der Waals surface area contributed by atoms with Gasteiger partial charge in [-0.2, -0.15) is 0 Å². The SMILES string of the molecule is CC(C)(C)OC(=O)N1Cc2cc(Br)ccc2NCC1Cc1ccccc1. The van der Waals surface area contributed by atoms with E-state index in [0.717, 1.165) is 22.1 Å². The fourth-order valence-electron chi connectivity index (χ4n) is 3.12. The maximum Gasteiger partial charge on any atom is 0.410 e. The highest BCUT2D eigenvalue weighted by atomic mass is 79.9. The van der Waals surface area contributed by atoms with Crippen molar-refractivity contribution < 1.29 is 9.53 Å². The highest BCUT2D eigenvalue weighted by Crippen LogP contribution is 2.28. The van der Waals surface area contributed by atoms with Gasteiger partial charge in [0, 0.05) is 16.7 Å². The third-order valence-electron chi connectivity index (χ3n) is 4.32. The zero-order chi connectivity index (χ0) is 18.7. The van der Waals surface area contributed by atoms with Crippen molar-refractivity contribution in [1.82, 2.24) is 4.90 Å². The molecule has 0 radical (unpaired) electrons. The topological polar surface area (TPSA) is 41.6 Å². The maximum atomic E-state index is 12.9. The van der Waals surface area contributed by atoms with Gasteiger partial charge in [-0.1, -0.05) is 46.3 Å². The number of fused-ring (bicyclic) bond motifs is 1. The van der Waals surface area contributed by atoms with Crippen LogP contribution in [0.15, 0.2) is 53.0 Å². The Morgan fingerprint density at radius 1 is 1.23 bits per heavy atom. The van der Waals surface area contributed by atoms with E-state index in [-0.39, 0.29) is 12.1 Å². The van der Waals surface area contributed by atoms with Crippen LogP contribution in [0.25, 0.3) is 0 Å². The van der Waals surface area contributed by atoms with Crippen molar-refractivity contribution >= 4 is 27.7 Å². The zero-order valence-electron chi connectivity index (χ0n) is 15.5. The van der Waals surface area contributed by atoms with E-state index in [0.29, 0.717) is 13.1 Å². The first-order valence-electron chi connectivity index (χ1n) is 8.88. The van der Waals surface area contributed by atoms with Crippen molar-refractivity contribution in [2.24, 2.45) is 0 Å². The van der Waals surface area contributed by atoms with Gasteiger partial charge in [-0.3, -0.25) is 4.90 Å². The molecule has 2 aromatic carbocycles. The van der Waals surface area contributed by atoms with Crippen molar-refractivity contribution in [3.63, 3.8) is 0 Å². The maximum absolute atomic E-state index is 12.9. The molecule has 1 N–H and O–H groups in total. The minimum absolute atomic E-state index is 0.0124. The number of amides is 1. The molecular weight excluding hydrogens is 392 g/mol. The Labute approximate surface area is 163 Å². The Morgan fingerprint density at radius 3 is 2.65 bits per heavy atom. The average molecular weight is 417 g/mol. The smallest absolute Gasteiger partial charge is 0.410 e. The molecule has 4 nitrogen and oxygen atoms in total. The second-order valence-corrected chi connectivity index (χ2v) is 8.55. The highest BCUT2D eigenvalue weighted by Gasteiger charge is 2.31. The minimum Gasteiger partial charge on any atom is -0.444 e. The van der Waals surface area contributed by atoms with Gasteiger partial charge in [-0.15, -0.1) is 0 Å². The van der Waals surface area contributed by atoms with Crippen LogP contribution in [0.1, 0.15) is 31.9 Å². The molecular formula is C21H25BrN2O2. The van der Waals surface area contributed by atoms with Gasteiger partial charge in [-0.05, 0) is 56.5 Å². The summed E-state index contributed by atoms with van der Waals surface area (Å²) in [7, 11) is 0. The lowest BCUT2D eigenvalue weighted by atomic mass is 10.0. The Kier molecular flexibility index (Phi) is 5.56. The molecule has 0 fully saturated rings. The molecule has 138 valence electrons. The summed E-state index contributed by atoms with van der Waals surface area (Å²) < 4.78 is 6.70. The highest BCUT2D eigenvalue weighted by molar-refractivity contribution is 9.10. The lowest BCUT2D eigenvalue weighted by Crippen LogP contribution is -2.45. The first-order valence-corrected chi connectivity index (χ1v) is 9.67. The molecule has 2 aromatic rings. The number of anilines is 1. The number of halogens is 1. The number of carbonyl (C=O) groups is 1. The molecule has 1 aliphatic heterocycles. The average Bonchev–Trinajstić information content (AvgIpc) is 2.74. The molecule has 1 atom stereocenters. The molecule has 0 saturated carbocycles. The molecule has 0 saturated heterocycles. The van der Waals surface area contributed by atoms with Gasteiger partial charge in [0.2, 0.25) is 0 Å². The second kappa shape index (κ2) is 7.70. The van der Waals surface area contributed by atoms with Gasteiger partial charge in [0.15, 0.2) is 0 Å².